The first kappa shape index (κ1) is 12.8. The molecule has 0 radical (unpaired) electrons. The molecule has 0 N–H and O–H groups in total. The third kappa shape index (κ3) is 2.55. The van der Waals surface area contributed by atoms with E-state index in [1.807, 2.05) is 18.2 Å². The van der Waals surface area contributed by atoms with Gasteiger partial charge in [0, 0.05) is 11.1 Å². The molecule has 0 amide bonds. The zero-order chi connectivity index (χ0) is 14.7. The van der Waals surface area contributed by atoms with Gasteiger partial charge in [0.1, 0.15) is 12.0 Å². The van der Waals surface area contributed by atoms with Gasteiger partial charge in [-0.2, -0.15) is 5.26 Å². The van der Waals surface area contributed by atoms with Crippen molar-refractivity contribution in [3.05, 3.63) is 65.9 Å². The summed E-state index contributed by atoms with van der Waals surface area (Å²) in [7, 11) is 0. The first-order valence-electron chi connectivity index (χ1n) is 6.28. The van der Waals surface area contributed by atoms with Gasteiger partial charge in [-0.3, -0.25) is 4.79 Å². The first-order chi connectivity index (χ1) is 10.3. The molecule has 0 saturated heterocycles. The molecule has 0 aliphatic heterocycles. The molecule has 0 saturated carbocycles. The number of aldehydes is 1. The van der Waals surface area contributed by atoms with Crippen LogP contribution in [0.5, 0.6) is 0 Å². The van der Waals surface area contributed by atoms with E-state index in [1.165, 1.54) is 0 Å². The molecular formula is C16H10N4O. The molecule has 0 aliphatic carbocycles. The monoisotopic (exact) mass is 274 g/mol. The van der Waals surface area contributed by atoms with Crippen molar-refractivity contribution >= 4 is 6.29 Å². The molecule has 21 heavy (non-hydrogen) atoms. The number of carbonyl (C=O) groups is 1. The lowest BCUT2D eigenvalue weighted by atomic mass is 10.1. The van der Waals surface area contributed by atoms with E-state index in [4.69, 9.17) is 5.26 Å². The lowest BCUT2D eigenvalue weighted by Gasteiger charge is -1.99. The smallest absolute Gasteiger partial charge is 0.150 e. The van der Waals surface area contributed by atoms with Crippen LogP contribution in [0.1, 0.15) is 15.9 Å². The van der Waals surface area contributed by atoms with Gasteiger partial charge in [0.25, 0.3) is 0 Å². The number of hydrogen-bond acceptors (Lipinski definition) is 4. The van der Waals surface area contributed by atoms with Crippen molar-refractivity contribution < 1.29 is 4.79 Å². The van der Waals surface area contributed by atoms with Gasteiger partial charge in [-0.1, -0.05) is 35.5 Å². The molecule has 5 nitrogen and oxygen atoms in total. The predicted molar refractivity (Wildman–Crippen MR) is 76.9 cm³/mol. The maximum absolute atomic E-state index is 10.6. The van der Waals surface area contributed by atoms with E-state index in [0.29, 0.717) is 16.8 Å². The Kier molecular flexibility index (Phi) is 3.27. The van der Waals surface area contributed by atoms with Gasteiger partial charge in [-0.25, -0.2) is 4.68 Å². The van der Waals surface area contributed by atoms with Crippen molar-refractivity contribution in [3.63, 3.8) is 0 Å². The van der Waals surface area contributed by atoms with Crippen molar-refractivity contribution in [1.82, 2.24) is 15.0 Å². The van der Waals surface area contributed by atoms with Gasteiger partial charge in [-0.15, -0.1) is 5.10 Å². The summed E-state index contributed by atoms with van der Waals surface area (Å²) in [4.78, 5) is 10.6. The topological polar surface area (TPSA) is 71.6 Å². The Morgan fingerprint density at radius 2 is 1.95 bits per heavy atom. The minimum absolute atomic E-state index is 0.569. The predicted octanol–water partition coefficient (Wildman–Crippen LogP) is 2.62. The summed E-state index contributed by atoms with van der Waals surface area (Å²) in [6.45, 7) is 0. The number of hydrogen-bond donors (Lipinski definition) is 0. The van der Waals surface area contributed by atoms with Crippen molar-refractivity contribution in [2.24, 2.45) is 0 Å². The summed E-state index contributed by atoms with van der Waals surface area (Å²) in [6.07, 6.45) is 2.58. The van der Waals surface area contributed by atoms with Crippen LogP contribution in [0.2, 0.25) is 0 Å². The molecule has 100 valence electrons. The molecule has 0 atom stereocenters. The maximum Gasteiger partial charge on any atom is 0.150 e. The zero-order valence-electron chi connectivity index (χ0n) is 11.0. The van der Waals surface area contributed by atoms with E-state index < -0.39 is 0 Å². The summed E-state index contributed by atoms with van der Waals surface area (Å²) in [5.41, 5.74) is 3.54. The van der Waals surface area contributed by atoms with Crippen LogP contribution >= 0.6 is 0 Å². The van der Waals surface area contributed by atoms with Gasteiger partial charge in [0.2, 0.25) is 0 Å². The van der Waals surface area contributed by atoms with E-state index in [9.17, 15) is 4.79 Å². The van der Waals surface area contributed by atoms with E-state index in [2.05, 4.69) is 16.4 Å². The molecular weight excluding hydrogens is 264 g/mol. The van der Waals surface area contributed by atoms with E-state index in [0.717, 1.165) is 17.5 Å². The average Bonchev–Trinajstić information content (AvgIpc) is 3.05. The standard InChI is InChI=1S/C16H10N4O/c17-9-13-2-1-3-15(8-13)20-10-16(18-19-20)14-6-4-12(11-21)5-7-14/h1-8,10-11H. The van der Waals surface area contributed by atoms with Crippen LogP contribution in [0.4, 0.5) is 0 Å². The number of benzene rings is 2. The molecule has 0 spiro atoms. The number of nitrogens with zero attached hydrogens (tertiary/aromatic N) is 4. The minimum Gasteiger partial charge on any atom is -0.298 e. The third-order valence-corrected chi connectivity index (χ3v) is 3.08. The Bertz CT molecular complexity index is 828. The van der Waals surface area contributed by atoms with Crippen molar-refractivity contribution in [1.29, 1.82) is 5.26 Å². The van der Waals surface area contributed by atoms with Crippen LogP contribution < -0.4 is 0 Å². The normalized spacial score (nSPS) is 10.0. The van der Waals surface area contributed by atoms with Crippen LogP contribution in [-0.4, -0.2) is 21.3 Å². The van der Waals surface area contributed by atoms with Crippen LogP contribution in [0.3, 0.4) is 0 Å². The molecule has 3 rings (SSSR count). The third-order valence-electron chi connectivity index (χ3n) is 3.08. The Morgan fingerprint density at radius 1 is 1.14 bits per heavy atom. The van der Waals surface area contributed by atoms with E-state index in [-0.39, 0.29) is 0 Å². The Labute approximate surface area is 121 Å². The van der Waals surface area contributed by atoms with Crippen molar-refractivity contribution in [2.75, 3.05) is 0 Å². The molecule has 3 aromatic rings. The number of nitriles is 1. The van der Waals surface area contributed by atoms with Crippen LogP contribution in [-0.2, 0) is 0 Å². The number of rotatable bonds is 3. The van der Waals surface area contributed by atoms with Gasteiger partial charge >= 0.3 is 0 Å². The summed E-state index contributed by atoms with van der Waals surface area (Å²) in [5, 5.41) is 17.1. The minimum atomic E-state index is 0.569. The quantitative estimate of drug-likeness (QED) is 0.688. The molecule has 0 bridgehead atoms. The SMILES string of the molecule is N#Cc1cccc(-n2cc(-c3ccc(C=O)cc3)nn2)c1. The van der Waals surface area contributed by atoms with Gasteiger partial charge in [-0.05, 0) is 18.2 Å². The zero-order valence-corrected chi connectivity index (χ0v) is 11.0. The Balaban J connectivity index is 1.95. The summed E-state index contributed by atoms with van der Waals surface area (Å²) < 4.78 is 1.61. The average molecular weight is 274 g/mol. The molecule has 1 heterocycles. The Hall–Kier alpha value is -3.26. The largest absolute Gasteiger partial charge is 0.298 e. The first-order valence-corrected chi connectivity index (χ1v) is 6.28. The second-order valence-electron chi connectivity index (χ2n) is 4.45. The second-order valence-corrected chi connectivity index (χ2v) is 4.45. The second kappa shape index (κ2) is 5.39. The molecule has 5 heteroatoms. The fourth-order valence-electron chi connectivity index (χ4n) is 1.97. The molecule has 1 aromatic heterocycles. The van der Waals surface area contributed by atoms with Crippen molar-refractivity contribution in [3.8, 4) is 23.0 Å². The van der Waals surface area contributed by atoms with Gasteiger partial charge in [0.15, 0.2) is 0 Å². The molecule has 0 unspecified atom stereocenters. The summed E-state index contributed by atoms with van der Waals surface area (Å²) in [6, 6.07) is 16.3. The highest BCUT2D eigenvalue weighted by Crippen LogP contribution is 2.18. The highest BCUT2D eigenvalue weighted by Gasteiger charge is 2.06. The lowest BCUT2D eigenvalue weighted by molar-refractivity contribution is 0.112. The van der Waals surface area contributed by atoms with E-state index >= 15 is 0 Å². The molecule has 0 aliphatic rings. The van der Waals surface area contributed by atoms with Crippen molar-refractivity contribution in [2.45, 2.75) is 0 Å². The fourth-order valence-corrected chi connectivity index (χ4v) is 1.97. The maximum atomic E-state index is 10.6. The Morgan fingerprint density at radius 3 is 2.67 bits per heavy atom. The van der Waals surface area contributed by atoms with Crippen LogP contribution in [0, 0.1) is 11.3 Å². The van der Waals surface area contributed by atoms with E-state index in [1.54, 1.807) is 41.2 Å². The number of aromatic nitrogens is 3. The molecule has 2 aromatic carbocycles. The highest BCUT2D eigenvalue weighted by molar-refractivity contribution is 5.76. The number of carbonyl (C=O) groups excluding carboxylic acids is 1. The fraction of sp³-hybridized carbons (Fsp3) is 0. The summed E-state index contributed by atoms with van der Waals surface area (Å²) in [5.74, 6) is 0. The highest BCUT2D eigenvalue weighted by atomic mass is 16.1. The van der Waals surface area contributed by atoms with Crippen LogP contribution in [0.25, 0.3) is 16.9 Å². The molecule has 0 fully saturated rings. The van der Waals surface area contributed by atoms with Gasteiger partial charge in [0.05, 0.1) is 23.5 Å². The lowest BCUT2D eigenvalue weighted by Crippen LogP contribution is -1.94. The van der Waals surface area contributed by atoms with Gasteiger partial charge < -0.3 is 0 Å². The van der Waals surface area contributed by atoms with Crippen LogP contribution in [0.15, 0.2) is 54.7 Å². The summed E-state index contributed by atoms with van der Waals surface area (Å²) >= 11 is 0.